The number of methoxy groups -OCH3 is 1. The number of carbonyl (C=O) groups excluding carboxylic acids is 3. The van der Waals surface area contributed by atoms with Crippen LogP contribution in [0, 0.1) is 5.92 Å². The van der Waals surface area contributed by atoms with Gasteiger partial charge in [0.1, 0.15) is 12.1 Å². The number of carbonyl (C=O) groups is 3. The molecule has 1 aliphatic rings. The Morgan fingerprint density at radius 2 is 1.81 bits per heavy atom. The fourth-order valence-corrected chi connectivity index (χ4v) is 3.95. The first-order chi connectivity index (χ1) is 15.3. The van der Waals surface area contributed by atoms with Crippen molar-refractivity contribution in [3.8, 4) is 11.1 Å². The third-order valence-electron chi connectivity index (χ3n) is 5.54. The van der Waals surface area contributed by atoms with Crippen LogP contribution in [0.15, 0.2) is 48.5 Å². The second-order valence-corrected chi connectivity index (χ2v) is 8.56. The van der Waals surface area contributed by atoms with Gasteiger partial charge in [0.2, 0.25) is 11.8 Å². The Balaban J connectivity index is 1.73. The number of nitrogens with zero attached hydrogens (tertiary/aromatic N) is 1. The van der Waals surface area contributed by atoms with E-state index in [1.54, 1.807) is 4.90 Å². The molecule has 1 heterocycles. The SMILES string of the molecule is COC(=O)N[C@H](C(=O)N1CCC[C@H]1C(=O)Nc1cccc(-c2ccc(Cl)cc2)c1)C(C)C. The average molecular weight is 458 g/mol. The predicted octanol–water partition coefficient (Wildman–Crippen LogP) is 4.32. The highest BCUT2D eigenvalue weighted by molar-refractivity contribution is 6.30. The first kappa shape index (κ1) is 23.6. The minimum atomic E-state index is -0.760. The molecule has 3 rings (SSSR count). The van der Waals surface area contributed by atoms with Crippen molar-refractivity contribution in [2.24, 2.45) is 5.92 Å². The highest BCUT2D eigenvalue weighted by Crippen LogP contribution is 2.26. The van der Waals surface area contributed by atoms with E-state index in [1.165, 1.54) is 7.11 Å². The lowest BCUT2D eigenvalue weighted by Crippen LogP contribution is -2.54. The molecular formula is C24H28ClN3O4. The summed E-state index contributed by atoms with van der Waals surface area (Å²) in [6, 6.07) is 13.6. The lowest BCUT2D eigenvalue weighted by molar-refractivity contribution is -0.139. The number of likely N-dealkylation sites (tertiary alicyclic amines) is 1. The molecule has 0 aliphatic carbocycles. The number of benzene rings is 2. The van der Waals surface area contributed by atoms with Crippen LogP contribution in [0.1, 0.15) is 26.7 Å². The summed E-state index contributed by atoms with van der Waals surface area (Å²) in [6.07, 6.45) is 0.617. The van der Waals surface area contributed by atoms with Gasteiger partial charge < -0.3 is 20.3 Å². The molecule has 0 bridgehead atoms. The second-order valence-electron chi connectivity index (χ2n) is 8.12. The Morgan fingerprint density at radius 3 is 2.47 bits per heavy atom. The molecule has 8 heteroatoms. The third kappa shape index (κ3) is 5.59. The summed E-state index contributed by atoms with van der Waals surface area (Å²) >= 11 is 5.97. The molecule has 0 radical (unpaired) electrons. The van der Waals surface area contributed by atoms with Gasteiger partial charge in [-0.2, -0.15) is 0 Å². The van der Waals surface area contributed by atoms with Crippen LogP contribution in [-0.4, -0.2) is 48.5 Å². The van der Waals surface area contributed by atoms with Gasteiger partial charge in [0, 0.05) is 17.3 Å². The lowest BCUT2D eigenvalue weighted by atomic mass is 10.0. The van der Waals surface area contributed by atoms with Crippen LogP contribution in [0.25, 0.3) is 11.1 Å². The molecule has 2 N–H and O–H groups in total. The van der Waals surface area contributed by atoms with E-state index in [1.807, 2.05) is 62.4 Å². The third-order valence-corrected chi connectivity index (χ3v) is 5.79. The molecule has 0 saturated carbocycles. The van der Waals surface area contributed by atoms with Crippen molar-refractivity contribution in [1.29, 1.82) is 0 Å². The summed E-state index contributed by atoms with van der Waals surface area (Å²) in [4.78, 5) is 39.4. The van der Waals surface area contributed by atoms with Gasteiger partial charge in [-0.1, -0.05) is 49.7 Å². The normalized spacial score (nSPS) is 16.5. The predicted molar refractivity (Wildman–Crippen MR) is 124 cm³/mol. The minimum Gasteiger partial charge on any atom is -0.453 e. The van der Waals surface area contributed by atoms with E-state index in [9.17, 15) is 14.4 Å². The highest BCUT2D eigenvalue weighted by Gasteiger charge is 2.38. The lowest BCUT2D eigenvalue weighted by Gasteiger charge is -2.30. The number of halogens is 1. The van der Waals surface area contributed by atoms with Crippen LogP contribution in [0.2, 0.25) is 5.02 Å². The maximum Gasteiger partial charge on any atom is 0.407 e. The van der Waals surface area contributed by atoms with E-state index in [0.717, 1.165) is 17.5 Å². The van der Waals surface area contributed by atoms with Gasteiger partial charge in [-0.25, -0.2) is 4.79 Å². The molecular weight excluding hydrogens is 430 g/mol. The fraction of sp³-hybridized carbons (Fsp3) is 0.375. The number of hydrogen-bond acceptors (Lipinski definition) is 4. The topological polar surface area (TPSA) is 87.7 Å². The largest absolute Gasteiger partial charge is 0.453 e. The van der Waals surface area contributed by atoms with Gasteiger partial charge in [0.15, 0.2) is 0 Å². The molecule has 7 nitrogen and oxygen atoms in total. The quantitative estimate of drug-likeness (QED) is 0.676. The molecule has 1 saturated heterocycles. The van der Waals surface area contributed by atoms with Crippen LogP contribution in [0.3, 0.4) is 0 Å². The van der Waals surface area contributed by atoms with E-state index < -0.39 is 18.2 Å². The Bertz CT molecular complexity index is 977. The molecule has 2 atom stereocenters. The Morgan fingerprint density at radius 1 is 1.09 bits per heavy atom. The molecule has 1 aliphatic heterocycles. The van der Waals surface area contributed by atoms with E-state index in [0.29, 0.717) is 23.7 Å². The zero-order chi connectivity index (χ0) is 23.3. The van der Waals surface area contributed by atoms with Gasteiger partial charge in [-0.05, 0) is 54.2 Å². The average Bonchev–Trinajstić information content (AvgIpc) is 3.27. The fourth-order valence-electron chi connectivity index (χ4n) is 3.83. The van der Waals surface area contributed by atoms with Crippen LogP contribution in [-0.2, 0) is 14.3 Å². The second kappa shape index (κ2) is 10.5. The zero-order valence-corrected chi connectivity index (χ0v) is 19.2. The van der Waals surface area contributed by atoms with Crippen molar-refractivity contribution in [2.75, 3.05) is 19.0 Å². The number of ether oxygens (including phenoxy) is 1. The van der Waals surface area contributed by atoms with Gasteiger partial charge in [0.25, 0.3) is 0 Å². The number of nitrogens with one attached hydrogen (secondary N) is 2. The first-order valence-electron chi connectivity index (χ1n) is 10.6. The zero-order valence-electron chi connectivity index (χ0n) is 18.4. The van der Waals surface area contributed by atoms with E-state index in [2.05, 4.69) is 15.4 Å². The van der Waals surface area contributed by atoms with Gasteiger partial charge in [-0.15, -0.1) is 0 Å². The number of amides is 3. The van der Waals surface area contributed by atoms with Crippen LogP contribution in [0.4, 0.5) is 10.5 Å². The Labute approximate surface area is 193 Å². The van der Waals surface area contributed by atoms with E-state index in [4.69, 9.17) is 11.6 Å². The van der Waals surface area contributed by atoms with E-state index >= 15 is 0 Å². The van der Waals surface area contributed by atoms with Crippen molar-refractivity contribution < 1.29 is 19.1 Å². The van der Waals surface area contributed by atoms with Crippen molar-refractivity contribution in [1.82, 2.24) is 10.2 Å². The van der Waals surface area contributed by atoms with Crippen molar-refractivity contribution in [3.05, 3.63) is 53.6 Å². The smallest absolute Gasteiger partial charge is 0.407 e. The highest BCUT2D eigenvalue weighted by atomic mass is 35.5. The summed E-state index contributed by atoms with van der Waals surface area (Å²) in [6.45, 7) is 4.14. The van der Waals surface area contributed by atoms with Gasteiger partial charge >= 0.3 is 6.09 Å². The maximum absolute atomic E-state index is 13.1. The van der Waals surface area contributed by atoms with Crippen molar-refractivity contribution in [3.63, 3.8) is 0 Å². The summed E-state index contributed by atoms with van der Waals surface area (Å²) in [7, 11) is 1.25. The molecule has 3 amide bonds. The molecule has 0 spiro atoms. The monoisotopic (exact) mass is 457 g/mol. The molecule has 0 unspecified atom stereocenters. The Hall–Kier alpha value is -3.06. The van der Waals surface area contributed by atoms with Gasteiger partial charge in [0.05, 0.1) is 7.11 Å². The first-order valence-corrected chi connectivity index (χ1v) is 11.0. The summed E-state index contributed by atoms with van der Waals surface area (Å²) in [5, 5.41) is 6.19. The van der Waals surface area contributed by atoms with E-state index in [-0.39, 0.29) is 17.7 Å². The number of hydrogen-bond donors (Lipinski definition) is 2. The van der Waals surface area contributed by atoms with Crippen LogP contribution >= 0.6 is 11.6 Å². The molecule has 32 heavy (non-hydrogen) atoms. The summed E-state index contributed by atoms with van der Waals surface area (Å²) in [5.41, 5.74) is 2.58. The van der Waals surface area contributed by atoms with Crippen molar-refractivity contribution in [2.45, 2.75) is 38.8 Å². The standard InChI is InChI=1S/C24H28ClN3O4/c1-15(2)21(27-24(31)32-3)23(30)28-13-5-8-20(28)22(29)26-19-7-4-6-17(14-19)16-9-11-18(25)12-10-16/h4,6-7,9-12,14-15,20-21H,5,8,13H2,1-3H3,(H,26,29)(H,27,31)/t20-,21-/m0/s1. The minimum absolute atomic E-state index is 0.151. The van der Waals surface area contributed by atoms with Crippen LogP contribution < -0.4 is 10.6 Å². The maximum atomic E-state index is 13.1. The number of alkyl carbamates (subject to hydrolysis) is 1. The van der Waals surface area contributed by atoms with Gasteiger partial charge in [-0.3, -0.25) is 9.59 Å². The number of rotatable bonds is 6. The summed E-state index contributed by atoms with van der Waals surface area (Å²) < 4.78 is 4.64. The van der Waals surface area contributed by atoms with Crippen LogP contribution in [0.5, 0.6) is 0 Å². The number of anilines is 1. The molecule has 0 aromatic heterocycles. The summed E-state index contributed by atoms with van der Waals surface area (Å²) in [5.74, 6) is -0.676. The Kier molecular flexibility index (Phi) is 7.75. The molecule has 1 fully saturated rings. The molecule has 2 aromatic rings. The molecule has 170 valence electrons. The van der Waals surface area contributed by atoms with Crippen molar-refractivity contribution >= 4 is 35.2 Å². The molecule has 2 aromatic carbocycles.